The Kier molecular flexibility index (Phi) is 7.08. The lowest BCUT2D eigenvalue weighted by molar-refractivity contribution is -0.148. The summed E-state index contributed by atoms with van der Waals surface area (Å²) in [6.07, 6.45) is 5.75. The van der Waals surface area contributed by atoms with E-state index in [2.05, 4.69) is 21.0 Å². The van der Waals surface area contributed by atoms with Crippen LogP contribution in [0.5, 0.6) is 5.75 Å². The summed E-state index contributed by atoms with van der Waals surface area (Å²) in [5, 5.41) is 23.7. The molecule has 7 rings (SSSR count). The highest BCUT2D eigenvalue weighted by molar-refractivity contribution is 5.85. The maximum atomic E-state index is 12.5. The van der Waals surface area contributed by atoms with E-state index < -0.39 is 6.10 Å². The molecule has 11 nitrogen and oxygen atoms in total. The second-order valence-electron chi connectivity index (χ2n) is 10.6. The van der Waals surface area contributed by atoms with E-state index in [4.69, 9.17) is 14.5 Å². The Bertz CT molecular complexity index is 1370. The van der Waals surface area contributed by atoms with Crippen LogP contribution < -0.4 is 9.64 Å². The molecule has 3 unspecified atom stereocenters. The van der Waals surface area contributed by atoms with Crippen LogP contribution in [0.25, 0.3) is 16.6 Å². The average molecular weight is 532 g/mol. The van der Waals surface area contributed by atoms with Gasteiger partial charge in [0.2, 0.25) is 5.91 Å². The number of nitrogens with zero attached hydrogens (tertiary/aromatic N) is 7. The van der Waals surface area contributed by atoms with Crippen LogP contribution in [-0.2, 0) is 9.53 Å². The predicted molar refractivity (Wildman–Crippen MR) is 143 cm³/mol. The smallest absolute Gasteiger partial charge is 0.225 e. The van der Waals surface area contributed by atoms with Crippen LogP contribution in [-0.4, -0.2) is 106 Å². The molecule has 0 saturated carbocycles. The lowest BCUT2D eigenvalue weighted by atomic mass is 9.86. The molecule has 3 aromatic rings. The van der Waals surface area contributed by atoms with E-state index in [0.717, 1.165) is 74.8 Å². The number of carbonyl (C=O) groups excluding carboxylic acids is 1. The molecule has 0 aromatic carbocycles. The highest BCUT2D eigenvalue weighted by Gasteiger charge is 2.47. The van der Waals surface area contributed by atoms with Gasteiger partial charge in [0.1, 0.15) is 24.2 Å². The molecule has 4 saturated heterocycles. The molecule has 4 aliphatic heterocycles. The standard InChI is InChI=1S/C28H33N7O4/c1-19(36)10-27(37)35-22-11-23(35)17-33(16-22)26-3-2-20(14-30-26)25-12-24(18-34-28(25)21(13-29)15-31-34)39-9-6-32-4-7-38-8-5-32/h2-3,12,14-15,18-19,22-23,36H,4-11,16-17H2,1H3. The number of nitriles is 1. The molecular weight excluding hydrogens is 498 g/mol. The van der Waals surface area contributed by atoms with Crippen LogP contribution >= 0.6 is 0 Å². The highest BCUT2D eigenvalue weighted by Crippen LogP contribution is 2.36. The summed E-state index contributed by atoms with van der Waals surface area (Å²) in [5.41, 5.74) is 2.92. The second kappa shape index (κ2) is 10.8. The number of hydrogen-bond acceptors (Lipinski definition) is 9. The molecule has 2 bridgehead atoms. The third-order valence-corrected chi connectivity index (χ3v) is 7.82. The fraction of sp³-hybridized carbons (Fsp3) is 0.500. The number of piperazine rings is 1. The molecule has 11 heteroatoms. The van der Waals surface area contributed by atoms with Crippen molar-refractivity contribution in [1.29, 1.82) is 5.26 Å². The lowest BCUT2D eigenvalue weighted by Crippen LogP contribution is -2.70. The summed E-state index contributed by atoms with van der Waals surface area (Å²) in [6.45, 7) is 7.78. The highest BCUT2D eigenvalue weighted by atomic mass is 16.5. The van der Waals surface area contributed by atoms with Crippen molar-refractivity contribution in [2.24, 2.45) is 0 Å². The number of rotatable bonds is 8. The Morgan fingerprint density at radius 3 is 2.74 bits per heavy atom. The Hall–Kier alpha value is -3.72. The number of fused-ring (bicyclic) bond motifs is 3. The van der Waals surface area contributed by atoms with Gasteiger partial charge in [0, 0.05) is 50.0 Å². The van der Waals surface area contributed by atoms with Crippen molar-refractivity contribution >= 4 is 17.2 Å². The van der Waals surface area contributed by atoms with Gasteiger partial charge in [-0.2, -0.15) is 10.4 Å². The molecule has 39 heavy (non-hydrogen) atoms. The quantitative estimate of drug-likeness (QED) is 0.462. The number of hydrogen-bond donors (Lipinski definition) is 1. The number of morpholine rings is 1. The zero-order chi connectivity index (χ0) is 26.9. The maximum Gasteiger partial charge on any atom is 0.225 e. The number of aromatic nitrogens is 3. The summed E-state index contributed by atoms with van der Waals surface area (Å²) in [7, 11) is 0. The van der Waals surface area contributed by atoms with Gasteiger partial charge in [-0.25, -0.2) is 9.50 Å². The van der Waals surface area contributed by atoms with Crippen molar-refractivity contribution < 1.29 is 19.4 Å². The summed E-state index contributed by atoms with van der Waals surface area (Å²) < 4.78 is 13.2. The maximum absolute atomic E-state index is 12.5. The average Bonchev–Trinajstić information content (AvgIpc) is 3.36. The third kappa shape index (κ3) is 5.15. The van der Waals surface area contributed by atoms with Crippen LogP contribution in [0.4, 0.5) is 5.82 Å². The van der Waals surface area contributed by atoms with Gasteiger partial charge in [0.05, 0.1) is 61.3 Å². The van der Waals surface area contributed by atoms with Crippen LogP contribution in [0, 0.1) is 11.3 Å². The van der Waals surface area contributed by atoms with Gasteiger partial charge in [-0.05, 0) is 31.5 Å². The minimum absolute atomic E-state index is 0.0272. The molecule has 4 fully saturated rings. The van der Waals surface area contributed by atoms with Gasteiger partial charge < -0.3 is 24.4 Å². The fourth-order valence-corrected chi connectivity index (χ4v) is 5.89. The zero-order valence-corrected chi connectivity index (χ0v) is 22.1. The fourth-order valence-electron chi connectivity index (χ4n) is 5.89. The topological polar surface area (TPSA) is 119 Å². The first-order chi connectivity index (χ1) is 19.0. The number of carbonyl (C=O) groups is 1. The van der Waals surface area contributed by atoms with Gasteiger partial charge in [0.25, 0.3) is 0 Å². The number of aliphatic hydroxyl groups is 1. The van der Waals surface area contributed by atoms with E-state index in [-0.39, 0.29) is 24.4 Å². The first-order valence-electron chi connectivity index (χ1n) is 13.5. The van der Waals surface area contributed by atoms with Gasteiger partial charge in [0.15, 0.2) is 0 Å². The number of pyridine rings is 2. The molecule has 0 spiro atoms. The van der Waals surface area contributed by atoms with Gasteiger partial charge >= 0.3 is 0 Å². The molecule has 3 atom stereocenters. The van der Waals surface area contributed by atoms with Gasteiger partial charge in [-0.3, -0.25) is 9.69 Å². The van der Waals surface area contributed by atoms with Crippen molar-refractivity contribution in [1.82, 2.24) is 24.4 Å². The molecule has 3 aromatic heterocycles. The number of aliphatic hydroxyl groups excluding tert-OH is 1. The first kappa shape index (κ1) is 25.6. The Morgan fingerprint density at radius 1 is 1.26 bits per heavy atom. The van der Waals surface area contributed by atoms with E-state index in [1.807, 2.05) is 35.5 Å². The minimum atomic E-state index is -0.624. The SMILES string of the molecule is CC(O)CC(=O)N1C2CC1CN(c1ccc(-c3cc(OCCN4CCOCC4)cn4ncc(C#N)c34)cn1)C2. The number of piperidine rings is 1. The van der Waals surface area contributed by atoms with Crippen molar-refractivity contribution in [3.05, 3.63) is 42.4 Å². The summed E-state index contributed by atoms with van der Waals surface area (Å²) in [5.74, 6) is 1.57. The molecule has 4 aliphatic rings. The molecule has 0 aliphatic carbocycles. The van der Waals surface area contributed by atoms with Crippen LogP contribution in [0.3, 0.4) is 0 Å². The number of anilines is 1. The van der Waals surface area contributed by atoms with E-state index in [0.29, 0.717) is 17.9 Å². The van der Waals surface area contributed by atoms with Crippen molar-refractivity contribution in [3.63, 3.8) is 0 Å². The van der Waals surface area contributed by atoms with E-state index in [1.54, 1.807) is 17.6 Å². The summed E-state index contributed by atoms with van der Waals surface area (Å²) in [6, 6.07) is 8.52. The van der Waals surface area contributed by atoms with Crippen LogP contribution in [0.2, 0.25) is 0 Å². The van der Waals surface area contributed by atoms with Crippen molar-refractivity contribution in [3.8, 4) is 22.9 Å². The van der Waals surface area contributed by atoms with E-state index >= 15 is 0 Å². The zero-order valence-electron chi connectivity index (χ0n) is 22.1. The second-order valence-corrected chi connectivity index (χ2v) is 10.6. The largest absolute Gasteiger partial charge is 0.491 e. The predicted octanol–water partition coefficient (Wildman–Crippen LogP) is 1.54. The minimum Gasteiger partial charge on any atom is -0.491 e. The van der Waals surface area contributed by atoms with Gasteiger partial charge in [-0.15, -0.1) is 0 Å². The van der Waals surface area contributed by atoms with Crippen molar-refractivity contribution in [2.45, 2.75) is 38.0 Å². The molecule has 204 valence electrons. The first-order valence-corrected chi connectivity index (χ1v) is 13.5. The summed E-state index contributed by atoms with van der Waals surface area (Å²) in [4.78, 5) is 23.7. The molecule has 1 N–H and O–H groups in total. The monoisotopic (exact) mass is 531 g/mol. The third-order valence-electron chi connectivity index (χ3n) is 7.82. The Labute approximate surface area is 227 Å². The van der Waals surface area contributed by atoms with E-state index in [9.17, 15) is 15.2 Å². The number of ether oxygens (including phenoxy) is 2. The Balaban J connectivity index is 1.18. The Morgan fingerprint density at radius 2 is 2.05 bits per heavy atom. The summed E-state index contributed by atoms with van der Waals surface area (Å²) >= 11 is 0. The van der Waals surface area contributed by atoms with E-state index in [1.165, 1.54) is 0 Å². The molecular formula is C28H33N7O4. The lowest BCUT2D eigenvalue weighted by Gasteiger charge is -2.56. The normalized spacial score (nSPS) is 21.9. The molecule has 0 radical (unpaired) electrons. The number of amides is 1. The van der Waals surface area contributed by atoms with Crippen LogP contribution in [0.1, 0.15) is 25.3 Å². The van der Waals surface area contributed by atoms with Crippen LogP contribution in [0.15, 0.2) is 36.8 Å². The van der Waals surface area contributed by atoms with Crippen molar-refractivity contribution in [2.75, 3.05) is 57.4 Å². The molecule has 1 amide bonds. The molecule has 7 heterocycles. The van der Waals surface area contributed by atoms with Gasteiger partial charge in [-0.1, -0.05) is 0 Å².